The van der Waals surface area contributed by atoms with E-state index in [1.165, 1.54) is 99.8 Å². The van der Waals surface area contributed by atoms with Crippen molar-refractivity contribution < 1.29 is 0 Å². The summed E-state index contributed by atoms with van der Waals surface area (Å²) in [5.41, 5.74) is 19.6. The molecule has 0 bridgehead atoms. The zero-order valence-corrected chi connectivity index (χ0v) is 28.9. The Balaban J connectivity index is 1.02. The molecule has 2 heterocycles. The van der Waals surface area contributed by atoms with Gasteiger partial charge >= 0.3 is 0 Å². The lowest BCUT2D eigenvalue weighted by Crippen LogP contribution is -2.06. The first-order valence-electron chi connectivity index (χ1n) is 18.5. The second-order valence-electron chi connectivity index (χ2n) is 14.4. The van der Waals surface area contributed by atoms with Crippen molar-refractivity contribution in [2.75, 3.05) is 0 Å². The Hall–Kier alpha value is -6.38. The third-order valence-corrected chi connectivity index (χ3v) is 11.5. The maximum absolute atomic E-state index is 2.50. The van der Waals surface area contributed by atoms with Crippen LogP contribution in [0.5, 0.6) is 0 Å². The molecule has 2 aromatic heterocycles. The molecule has 0 saturated carbocycles. The summed E-state index contributed by atoms with van der Waals surface area (Å²) in [6.07, 6.45) is 9.01. The summed E-state index contributed by atoms with van der Waals surface area (Å²) in [6, 6.07) is 58.6. The van der Waals surface area contributed by atoms with Crippen molar-refractivity contribution in [2.45, 2.75) is 25.7 Å². The number of hydrogen-bond acceptors (Lipinski definition) is 0. The van der Waals surface area contributed by atoms with Gasteiger partial charge in [-0.25, -0.2) is 0 Å². The van der Waals surface area contributed by atoms with Crippen molar-refractivity contribution in [1.29, 1.82) is 0 Å². The third kappa shape index (κ3) is 4.50. The van der Waals surface area contributed by atoms with Crippen molar-refractivity contribution in [1.82, 2.24) is 9.13 Å². The van der Waals surface area contributed by atoms with Crippen LogP contribution in [0, 0.1) is 0 Å². The first-order valence-corrected chi connectivity index (χ1v) is 18.5. The lowest BCUT2D eigenvalue weighted by molar-refractivity contribution is 0.932. The molecule has 0 amide bonds. The van der Waals surface area contributed by atoms with Gasteiger partial charge in [0.1, 0.15) is 0 Å². The lowest BCUT2D eigenvalue weighted by atomic mass is 9.85. The minimum Gasteiger partial charge on any atom is -0.310 e. The second kappa shape index (κ2) is 11.6. The zero-order valence-electron chi connectivity index (χ0n) is 28.9. The number of fused-ring (bicyclic) bond motifs is 9. The Morgan fingerprint density at radius 2 is 1.02 bits per heavy atom. The molecule has 0 aliphatic heterocycles. The number of para-hydroxylation sites is 1. The van der Waals surface area contributed by atoms with E-state index < -0.39 is 0 Å². The molecule has 2 aliphatic rings. The first kappa shape index (κ1) is 29.4. The Morgan fingerprint density at radius 1 is 0.385 bits per heavy atom. The van der Waals surface area contributed by atoms with Crippen molar-refractivity contribution in [2.24, 2.45) is 0 Å². The van der Waals surface area contributed by atoms with Crippen LogP contribution >= 0.6 is 0 Å². The fourth-order valence-electron chi connectivity index (χ4n) is 9.02. The summed E-state index contributed by atoms with van der Waals surface area (Å²) >= 11 is 0. The summed E-state index contributed by atoms with van der Waals surface area (Å²) < 4.78 is 4.91. The maximum Gasteiger partial charge on any atom is 0.0541 e. The molecule has 246 valence electrons. The Bertz CT molecular complexity index is 2880. The molecular formula is C50H36N2. The minimum atomic E-state index is 1.06. The van der Waals surface area contributed by atoms with Gasteiger partial charge in [-0.1, -0.05) is 109 Å². The van der Waals surface area contributed by atoms with Gasteiger partial charge in [-0.3, -0.25) is 0 Å². The van der Waals surface area contributed by atoms with Crippen LogP contribution in [0.4, 0.5) is 0 Å². The molecule has 2 aliphatic carbocycles. The highest BCUT2D eigenvalue weighted by molar-refractivity contribution is 6.10. The van der Waals surface area contributed by atoms with E-state index >= 15 is 0 Å². The number of aryl methyl sites for hydroxylation is 3. The number of hydrogen-bond donors (Lipinski definition) is 0. The summed E-state index contributed by atoms with van der Waals surface area (Å²) in [7, 11) is 0. The van der Waals surface area contributed by atoms with Gasteiger partial charge in [-0.2, -0.15) is 0 Å². The van der Waals surface area contributed by atoms with Crippen LogP contribution in [0.1, 0.15) is 28.8 Å². The van der Waals surface area contributed by atoms with E-state index in [1.54, 1.807) is 0 Å². The summed E-state index contributed by atoms with van der Waals surface area (Å²) in [5, 5.41) is 3.91. The summed E-state index contributed by atoms with van der Waals surface area (Å²) in [6.45, 7) is 0. The maximum atomic E-state index is 2.50. The SMILES string of the molecule is C1=Cc2c(c3cc(-c4ccc5c(c4)c4ccccc4n5-c4ccc(-c5ccccc5)cc4)ccc3n2-c2ccc3c(c2)CCc2ccccc2-3)CC1. The highest BCUT2D eigenvalue weighted by atomic mass is 15.0. The predicted octanol–water partition coefficient (Wildman–Crippen LogP) is 12.8. The van der Waals surface area contributed by atoms with Crippen molar-refractivity contribution in [3.05, 3.63) is 186 Å². The predicted molar refractivity (Wildman–Crippen MR) is 219 cm³/mol. The van der Waals surface area contributed by atoms with E-state index in [0.29, 0.717) is 0 Å². The molecule has 7 aromatic carbocycles. The van der Waals surface area contributed by atoms with E-state index in [9.17, 15) is 0 Å². The number of nitrogens with zero attached hydrogens (tertiary/aromatic N) is 2. The van der Waals surface area contributed by atoms with Gasteiger partial charge < -0.3 is 9.13 Å². The van der Waals surface area contributed by atoms with E-state index in [-0.39, 0.29) is 0 Å². The number of aromatic nitrogens is 2. The van der Waals surface area contributed by atoms with Gasteiger partial charge in [0.05, 0.1) is 16.6 Å². The van der Waals surface area contributed by atoms with Crippen LogP contribution in [-0.4, -0.2) is 9.13 Å². The zero-order chi connectivity index (χ0) is 34.2. The van der Waals surface area contributed by atoms with E-state index in [4.69, 9.17) is 0 Å². The Kier molecular flexibility index (Phi) is 6.54. The molecule has 11 rings (SSSR count). The smallest absolute Gasteiger partial charge is 0.0541 e. The standard InChI is InChI=1S/C50H36N2/c1-2-10-33(11-3-1)34-20-24-39(25-21-34)51-47-16-8-6-14-43(47)45-31-36(22-28-49(45)51)37-23-29-50-46(32-37)44-15-7-9-17-48(44)52(50)40-26-27-42-38(30-40)19-18-35-12-4-5-13-41(35)42/h1-6,8-14,16-17,20-32H,7,15,18-19H2. The van der Waals surface area contributed by atoms with Crippen LogP contribution in [0.25, 0.3) is 83.5 Å². The van der Waals surface area contributed by atoms with Gasteiger partial charge in [0, 0.05) is 33.2 Å². The monoisotopic (exact) mass is 664 g/mol. The highest BCUT2D eigenvalue weighted by Gasteiger charge is 2.22. The van der Waals surface area contributed by atoms with Crippen LogP contribution in [0.15, 0.2) is 164 Å². The molecule has 0 atom stereocenters. The molecule has 0 unspecified atom stereocenters. The molecule has 52 heavy (non-hydrogen) atoms. The molecule has 0 N–H and O–H groups in total. The average Bonchev–Trinajstić information content (AvgIpc) is 3.73. The van der Waals surface area contributed by atoms with Gasteiger partial charge in [0.15, 0.2) is 0 Å². The Labute approximate surface area is 303 Å². The lowest BCUT2D eigenvalue weighted by Gasteiger charge is -2.21. The number of benzene rings is 7. The molecule has 0 fully saturated rings. The third-order valence-electron chi connectivity index (χ3n) is 11.5. The van der Waals surface area contributed by atoms with Crippen LogP contribution in [0.2, 0.25) is 0 Å². The number of allylic oxidation sites excluding steroid dienone is 1. The van der Waals surface area contributed by atoms with E-state index in [2.05, 4.69) is 179 Å². The van der Waals surface area contributed by atoms with Gasteiger partial charge in [0.2, 0.25) is 0 Å². The number of rotatable bonds is 4. The fraction of sp³-hybridized carbons (Fsp3) is 0.0800. The normalized spacial score (nSPS) is 13.4. The van der Waals surface area contributed by atoms with E-state index in [1.807, 2.05) is 0 Å². The topological polar surface area (TPSA) is 9.86 Å². The summed E-state index contributed by atoms with van der Waals surface area (Å²) in [5.74, 6) is 0. The first-order chi connectivity index (χ1) is 25.8. The second-order valence-corrected chi connectivity index (χ2v) is 14.4. The van der Waals surface area contributed by atoms with Crippen LogP contribution in [0.3, 0.4) is 0 Å². The molecule has 2 nitrogen and oxygen atoms in total. The molecule has 9 aromatic rings. The summed E-state index contributed by atoms with van der Waals surface area (Å²) in [4.78, 5) is 0. The average molecular weight is 665 g/mol. The van der Waals surface area contributed by atoms with Crippen LogP contribution < -0.4 is 0 Å². The largest absolute Gasteiger partial charge is 0.310 e. The van der Waals surface area contributed by atoms with E-state index in [0.717, 1.165) is 25.7 Å². The fourth-order valence-corrected chi connectivity index (χ4v) is 9.02. The highest BCUT2D eigenvalue weighted by Crippen LogP contribution is 2.41. The molecule has 2 heteroatoms. The molecule has 0 spiro atoms. The van der Waals surface area contributed by atoms with Gasteiger partial charge in [-0.15, -0.1) is 0 Å². The quantitative estimate of drug-likeness (QED) is 0.177. The van der Waals surface area contributed by atoms with Crippen molar-refractivity contribution >= 4 is 38.8 Å². The molecular weight excluding hydrogens is 629 g/mol. The molecule has 0 saturated heterocycles. The minimum absolute atomic E-state index is 1.06. The van der Waals surface area contributed by atoms with Crippen molar-refractivity contribution in [3.63, 3.8) is 0 Å². The van der Waals surface area contributed by atoms with Crippen molar-refractivity contribution in [3.8, 4) is 44.8 Å². The van der Waals surface area contributed by atoms with Gasteiger partial charge in [-0.05, 0) is 136 Å². The van der Waals surface area contributed by atoms with Gasteiger partial charge in [0.25, 0.3) is 0 Å². The van der Waals surface area contributed by atoms with Crippen LogP contribution in [-0.2, 0) is 19.3 Å². The Morgan fingerprint density at radius 3 is 1.88 bits per heavy atom. The molecule has 0 radical (unpaired) electrons.